The first kappa shape index (κ1) is 12.8. The second kappa shape index (κ2) is 5.31. The van der Waals surface area contributed by atoms with E-state index in [4.69, 9.17) is 14.7 Å². The molecule has 0 saturated heterocycles. The SMILES string of the molecule is COc1cccc(-c2ncnc(C#N)c2F)c1OC. The van der Waals surface area contributed by atoms with Crippen molar-refractivity contribution in [3.63, 3.8) is 0 Å². The molecule has 6 heteroatoms. The molecule has 0 bridgehead atoms. The van der Waals surface area contributed by atoms with Gasteiger partial charge in [-0.25, -0.2) is 14.4 Å². The average molecular weight is 259 g/mol. The third kappa shape index (κ3) is 2.18. The Labute approximate surface area is 109 Å². The van der Waals surface area contributed by atoms with Crippen LogP contribution in [0.5, 0.6) is 11.5 Å². The van der Waals surface area contributed by atoms with E-state index in [1.165, 1.54) is 14.2 Å². The lowest BCUT2D eigenvalue weighted by molar-refractivity contribution is 0.356. The second-order valence-corrected chi connectivity index (χ2v) is 3.54. The van der Waals surface area contributed by atoms with Gasteiger partial charge < -0.3 is 9.47 Å². The zero-order valence-electron chi connectivity index (χ0n) is 10.3. The molecule has 1 heterocycles. The van der Waals surface area contributed by atoms with Gasteiger partial charge in [-0.1, -0.05) is 6.07 Å². The number of methoxy groups -OCH3 is 2. The molecular formula is C13H10FN3O2. The number of nitriles is 1. The zero-order chi connectivity index (χ0) is 13.8. The molecular weight excluding hydrogens is 249 g/mol. The summed E-state index contributed by atoms with van der Waals surface area (Å²) in [5, 5.41) is 8.78. The van der Waals surface area contributed by atoms with Crippen LogP contribution in [0.1, 0.15) is 5.69 Å². The quantitative estimate of drug-likeness (QED) is 0.845. The molecule has 0 saturated carbocycles. The Morgan fingerprint density at radius 3 is 2.63 bits per heavy atom. The number of aromatic nitrogens is 2. The van der Waals surface area contributed by atoms with Crippen LogP contribution in [-0.2, 0) is 0 Å². The van der Waals surface area contributed by atoms with E-state index in [9.17, 15) is 4.39 Å². The second-order valence-electron chi connectivity index (χ2n) is 3.54. The molecule has 0 aliphatic rings. The van der Waals surface area contributed by atoms with Gasteiger partial charge in [0.1, 0.15) is 18.1 Å². The highest BCUT2D eigenvalue weighted by molar-refractivity contribution is 5.72. The van der Waals surface area contributed by atoms with Gasteiger partial charge in [0.25, 0.3) is 0 Å². The van der Waals surface area contributed by atoms with Gasteiger partial charge in [0.2, 0.25) is 0 Å². The Morgan fingerprint density at radius 2 is 2.00 bits per heavy atom. The van der Waals surface area contributed by atoms with Crippen molar-refractivity contribution in [3.8, 4) is 28.8 Å². The molecule has 0 amide bonds. The first-order valence-electron chi connectivity index (χ1n) is 5.34. The summed E-state index contributed by atoms with van der Waals surface area (Å²) in [6.07, 6.45) is 1.13. The number of para-hydroxylation sites is 1. The molecule has 96 valence electrons. The number of halogens is 1. The topological polar surface area (TPSA) is 68.0 Å². The summed E-state index contributed by atoms with van der Waals surface area (Å²) in [6, 6.07) is 6.68. The maximum Gasteiger partial charge on any atom is 0.186 e. The van der Waals surface area contributed by atoms with Crippen molar-refractivity contribution in [2.24, 2.45) is 0 Å². The molecule has 0 unspecified atom stereocenters. The van der Waals surface area contributed by atoms with Crippen LogP contribution in [0.25, 0.3) is 11.3 Å². The minimum absolute atomic E-state index is 0.00213. The summed E-state index contributed by atoms with van der Waals surface area (Å²) in [6.45, 7) is 0. The fraction of sp³-hybridized carbons (Fsp3) is 0.154. The highest BCUT2D eigenvalue weighted by Crippen LogP contribution is 2.37. The van der Waals surface area contributed by atoms with Crippen molar-refractivity contribution >= 4 is 0 Å². The monoisotopic (exact) mass is 259 g/mol. The summed E-state index contributed by atoms with van der Waals surface area (Å²) in [7, 11) is 2.93. The Bertz CT molecular complexity index is 653. The molecule has 1 aromatic heterocycles. The van der Waals surface area contributed by atoms with E-state index < -0.39 is 5.82 Å². The van der Waals surface area contributed by atoms with Gasteiger partial charge in [0.15, 0.2) is 23.0 Å². The lowest BCUT2D eigenvalue weighted by atomic mass is 10.1. The summed E-state index contributed by atoms with van der Waals surface area (Å²) in [5.41, 5.74) is 0.0930. The molecule has 0 radical (unpaired) electrons. The van der Waals surface area contributed by atoms with E-state index in [1.54, 1.807) is 24.3 Å². The van der Waals surface area contributed by atoms with Gasteiger partial charge in [-0.3, -0.25) is 0 Å². The van der Waals surface area contributed by atoms with Gasteiger partial charge in [-0.05, 0) is 12.1 Å². The molecule has 5 nitrogen and oxygen atoms in total. The Kier molecular flexibility index (Phi) is 3.57. The maximum atomic E-state index is 14.1. The summed E-state index contributed by atoms with van der Waals surface area (Å²) in [4.78, 5) is 7.43. The fourth-order valence-corrected chi connectivity index (χ4v) is 1.71. The number of hydrogen-bond acceptors (Lipinski definition) is 5. The van der Waals surface area contributed by atoms with Gasteiger partial charge in [-0.15, -0.1) is 0 Å². The third-order valence-electron chi connectivity index (χ3n) is 2.55. The van der Waals surface area contributed by atoms with E-state index >= 15 is 0 Å². The van der Waals surface area contributed by atoms with Crippen LogP contribution < -0.4 is 9.47 Å². The van der Waals surface area contributed by atoms with Crippen LogP contribution in [0.2, 0.25) is 0 Å². The van der Waals surface area contributed by atoms with E-state index in [1.807, 2.05) is 0 Å². The van der Waals surface area contributed by atoms with Gasteiger partial charge in [0, 0.05) is 5.56 Å². The van der Waals surface area contributed by atoms with Crippen molar-refractivity contribution in [1.29, 1.82) is 5.26 Å². The highest BCUT2D eigenvalue weighted by atomic mass is 19.1. The average Bonchev–Trinajstić information content (AvgIpc) is 2.46. The standard InChI is InChI=1S/C13H10FN3O2/c1-18-10-5-3-4-8(13(10)19-2)12-11(14)9(6-15)16-7-17-12/h3-5,7H,1-2H3. The lowest BCUT2D eigenvalue weighted by Gasteiger charge is -2.12. The van der Waals surface area contributed by atoms with Crippen LogP contribution in [-0.4, -0.2) is 24.2 Å². The molecule has 0 aliphatic carbocycles. The summed E-state index contributed by atoms with van der Waals surface area (Å²) < 4.78 is 24.4. The molecule has 1 aromatic carbocycles. The van der Waals surface area contributed by atoms with Crippen molar-refractivity contribution in [3.05, 3.63) is 36.0 Å². The molecule has 19 heavy (non-hydrogen) atoms. The van der Waals surface area contributed by atoms with Crippen molar-refractivity contribution in [1.82, 2.24) is 9.97 Å². The van der Waals surface area contributed by atoms with Crippen LogP contribution in [0.3, 0.4) is 0 Å². The minimum atomic E-state index is -0.781. The number of hydrogen-bond donors (Lipinski definition) is 0. The Balaban J connectivity index is 2.70. The van der Waals surface area contributed by atoms with Gasteiger partial charge >= 0.3 is 0 Å². The molecule has 0 fully saturated rings. The normalized spacial score (nSPS) is 9.79. The Morgan fingerprint density at radius 1 is 1.21 bits per heavy atom. The van der Waals surface area contributed by atoms with Crippen molar-refractivity contribution in [2.75, 3.05) is 14.2 Å². The van der Waals surface area contributed by atoms with Crippen LogP contribution in [0.15, 0.2) is 24.5 Å². The number of benzene rings is 1. The number of ether oxygens (including phenoxy) is 2. The number of nitrogens with zero attached hydrogens (tertiary/aromatic N) is 3. The van der Waals surface area contributed by atoms with E-state index in [-0.39, 0.29) is 11.4 Å². The first-order valence-corrected chi connectivity index (χ1v) is 5.34. The van der Waals surface area contributed by atoms with Crippen molar-refractivity contribution in [2.45, 2.75) is 0 Å². The molecule has 0 atom stereocenters. The Hall–Kier alpha value is -2.68. The molecule has 0 spiro atoms. The largest absolute Gasteiger partial charge is 0.493 e. The highest BCUT2D eigenvalue weighted by Gasteiger charge is 2.18. The third-order valence-corrected chi connectivity index (χ3v) is 2.55. The molecule has 0 N–H and O–H groups in total. The van der Waals surface area contributed by atoms with E-state index in [2.05, 4.69) is 9.97 Å². The van der Waals surface area contributed by atoms with Gasteiger partial charge in [0.05, 0.1) is 14.2 Å². The first-order chi connectivity index (χ1) is 9.22. The van der Waals surface area contributed by atoms with Gasteiger partial charge in [-0.2, -0.15) is 5.26 Å². The predicted octanol–water partition coefficient (Wildman–Crippen LogP) is 2.17. The summed E-state index contributed by atoms with van der Waals surface area (Å²) in [5.74, 6) is 0.0274. The lowest BCUT2D eigenvalue weighted by Crippen LogP contribution is -1.99. The predicted molar refractivity (Wildman–Crippen MR) is 65.2 cm³/mol. The molecule has 0 aliphatic heterocycles. The molecule has 2 rings (SSSR count). The van der Waals surface area contributed by atoms with E-state index in [0.29, 0.717) is 17.1 Å². The van der Waals surface area contributed by atoms with Crippen molar-refractivity contribution < 1.29 is 13.9 Å². The van der Waals surface area contributed by atoms with E-state index in [0.717, 1.165) is 6.33 Å². The van der Waals surface area contributed by atoms with Crippen LogP contribution in [0.4, 0.5) is 4.39 Å². The maximum absolute atomic E-state index is 14.1. The van der Waals surface area contributed by atoms with Crippen LogP contribution in [0, 0.1) is 17.1 Å². The zero-order valence-corrected chi connectivity index (χ0v) is 10.3. The molecule has 2 aromatic rings. The number of rotatable bonds is 3. The fourth-order valence-electron chi connectivity index (χ4n) is 1.71. The smallest absolute Gasteiger partial charge is 0.186 e. The van der Waals surface area contributed by atoms with Crippen LogP contribution >= 0.6 is 0 Å². The minimum Gasteiger partial charge on any atom is -0.493 e. The summed E-state index contributed by atoms with van der Waals surface area (Å²) >= 11 is 0.